The molecule has 8 heteroatoms. The van der Waals surface area contributed by atoms with E-state index in [0.717, 1.165) is 44.5 Å². The Balaban J connectivity index is 0.000000221. The van der Waals surface area contributed by atoms with Crippen LogP contribution >= 0.6 is 0 Å². The highest BCUT2D eigenvalue weighted by molar-refractivity contribution is 6.07. The quantitative estimate of drug-likeness (QED) is 0.0481. The predicted molar refractivity (Wildman–Crippen MR) is 244 cm³/mol. The Morgan fingerprint density at radius 1 is 0.410 bits per heavy atom. The lowest BCUT2D eigenvalue weighted by molar-refractivity contribution is -0.253. The SMILES string of the molecule is CC(=O)/C=C/c1ccc(COO)cc1.CC(=O)C=Cc1ccccc1.Cc1ccc(C(=O)C=Cc2ccccc2)cc1.O=C(/C=C/c1ccc(COO)cc1)c1ccccc1. The second kappa shape index (κ2) is 28.3. The third-order valence-electron chi connectivity index (χ3n) is 8.29. The number of carbonyl (C=O) groups excluding carboxylic acids is 4. The Hall–Kier alpha value is -7.20. The van der Waals surface area contributed by atoms with Crippen LogP contribution in [-0.2, 0) is 32.6 Å². The molecule has 0 saturated carbocycles. The Bertz CT molecular complexity index is 2330. The minimum atomic E-state index is -0.0247. The molecular formula is C53H50O8. The summed E-state index contributed by atoms with van der Waals surface area (Å²) >= 11 is 0. The van der Waals surface area contributed by atoms with Crippen molar-refractivity contribution in [1.29, 1.82) is 0 Å². The van der Waals surface area contributed by atoms with Gasteiger partial charge in [0.25, 0.3) is 0 Å². The van der Waals surface area contributed by atoms with Crippen molar-refractivity contribution in [1.82, 2.24) is 0 Å². The molecule has 61 heavy (non-hydrogen) atoms. The Morgan fingerprint density at radius 2 is 0.721 bits per heavy atom. The summed E-state index contributed by atoms with van der Waals surface area (Å²) in [5.41, 5.74) is 8.27. The zero-order valence-corrected chi connectivity index (χ0v) is 34.5. The zero-order valence-electron chi connectivity index (χ0n) is 34.5. The molecule has 8 nitrogen and oxygen atoms in total. The van der Waals surface area contributed by atoms with Crippen molar-refractivity contribution >= 4 is 47.4 Å². The summed E-state index contributed by atoms with van der Waals surface area (Å²) in [6.07, 6.45) is 13.4. The van der Waals surface area contributed by atoms with Crippen molar-refractivity contribution in [3.05, 3.63) is 238 Å². The smallest absolute Gasteiger partial charge is 0.185 e. The van der Waals surface area contributed by atoms with Crippen LogP contribution in [0.5, 0.6) is 0 Å². The molecule has 0 aromatic heterocycles. The topological polar surface area (TPSA) is 127 Å². The maximum atomic E-state index is 11.8. The summed E-state index contributed by atoms with van der Waals surface area (Å²) in [7, 11) is 0. The standard InChI is InChI=1S/C16H14O3.C16H14O.C11H12O3.C10H10O/c17-16(15-4-2-1-3-5-15)11-10-13-6-8-14(9-7-13)12-19-18;1-13-7-10-15(11-8-13)16(17)12-9-14-5-3-2-4-6-14;1-9(12)2-3-10-4-6-11(7-5-10)8-14-13;1-9(11)7-8-10-5-3-2-4-6-10/h1-11,18H,12H2;2-12H,1H3;2-7,13H,8H2,1H3;2-8H,1H3/b11-10+;;3-2+;. The van der Waals surface area contributed by atoms with E-state index in [4.69, 9.17) is 10.5 Å². The van der Waals surface area contributed by atoms with Gasteiger partial charge in [-0.25, -0.2) is 9.78 Å². The molecule has 0 amide bonds. The molecule has 0 fully saturated rings. The first-order valence-electron chi connectivity index (χ1n) is 19.3. The fourth-order valence-electron chi connectivity index (χ4n) is 5.01. The van der Waals surface area contributed by atoms with E-state index in [1.807, 2.05) is 171 Å². The average molecular weight is 815 g/mol. The summed E-state index contributed by atoms with van der Waals surface area (Å²) in [6.45, 7) is 5.39. The molecule has 0 aliphatic heterocycles. The van der Waals surface area contributed by atoms with Crippen molar-refractivity contribution in [2.24, 2.45) is 0 Å². The van der Waals surface area contributed by atoms with E-state index in [9.17, 15) is 19.2 Å². The Morgan fingerprint density at radius 3 is 1.07 bits per heavy atom. The molecule has 0 aliphatic rings. The molecule has 6 aromatic carbocycles. The van der Waals surface area contributed by atoms with Crippen LogP contribution in [0.2, 0.25) is 0 Å². The highest BCUT2D eigenvalue weighted by Gasteiger charge is 2.01. The fraction of sp³-hybridized carbons (Fsp3) is 0.0943. The van der Waals surface area contributed by atoms with E-state index in [1.54, 1.807) is 49.4 Å². The third kappa shape index (κ3) is 20.9. The minimum Gasteiger partial charge on any atom is -0.295 e. The van der Waals surface area contributed by atoms with E-state index < -0.39 is 0 Å². The molecule has 2 N–H and O–H groups in total. The maximum Gasteiger partial charge on any atom is 0.185 e. The van der Waals surface area contributed by atoms with Crippen LogP contribution in [0, 0.1) is 6.92 Å². The molecule has 0 heterocycles. The van der Waals surface area contributed by atoms with Gasteiger partial charge < -0.3 is 0 Å². The molecule has 0 spiro atoms. The van der Waals surface area contributed by atoms with Crippen LogP contribution in [-0.4, -0.2) is 33.6 Å². The monoisotopic (exact) mass is 814 g/mol. The molecule has 0 aliphatic carbocycles. The number of hydrogen-bond donors (Lipinski definition) is 2. The second-order valence-electron chi connectivity index (χ2n) is 13.4. The summed E-state index contributed by atoms with van der Waals surface area (Å²) in [5.74, 6) is 0.110. The first-order chi connectivity index (χ1) is 29.6. The normalized spacial score (nSPS) is 10.6. The third-order valence-corrected chi connectivity index (χ3v) is 8.29. The number of hydrogen-bond acceptors (Lipinski definition) is 8. The van der Waals surface area contributed by atoms with Gasteiger partial charge in [-0.1, -0.05) is 194 Å². The summed E-state index contributed by atoms with van der Waals surface area (Å²) in [4.78, 5) is 52.9. The van der Waals surface area contributed by atoms with Gasteiger partial charge in [-0.2, -0.15) is 0 Å². The second-order valence-corrected chi connectivity index (χ2v) is 13.4. The van der Waals surface area contributed by atoms with Crippen LogP contribution in [0.3, 0.4) is 0 Å². The Kier molecular flexibility index (Phi) is 22.3. The lowest BCUT2D eigenvalue weighted by Crippen LogP contribution is -1.93. The summed E-state index contributed by atoms with van der Waals surface area (Å²) in [6, 6.07) is 51.1. The average Bonchev–Trinajstić information content (AvgIpc) is 3.29. The van der Waals surface area contributed by atoms with E-state index in [0.29, 0.717) is 5.56 Å². The van der Waals surface area contributed by atoms with Crippen LogP contribution in [0.25, 0.3) is 24.3 Å². The molecule has 6 rings (SSSR count). The molecular weight excluding hydrogens is 765 g/mol. The first-order valence-corrected chi connectivity index (χ1v) is 19.3. The molecule has 0 atom stereocenters. The van der Waals surface area contributed by atoms with Gasteiger partial charge in [-0.05, 0) is 78.5 Å². The number of rotatable bonds is 14. The van der Waals surface area contributed by atoms with Crippen molar-refractivity contribution in [3.8, 4) is 0 Å². The molecule has 0 bridgehead atoms. The Labute approximate surface area is 358 Å². The lowest BCUT2D eigenvalue weighted by atomic mass is 10.1. The highest BCUT2D eigenvalue weighted by atomic mass is 17.1. The van der Waals surface area contributed by atoms with E-state index >= 15 is 0 Å². The van der Waals surface area contributed by atoms with Gasteiger partial charge in [0, 0.05) is 11.1 Å². The van der Waals surface area contributed by atoms with Crippen molar-refractivity contribution in [3.63, 3.8) is 0 Å². The van der Waals surface area contributed by atoms with Crippen LogP contribution in [0.4, 0.5) is 0 Å². The molecule has 310 valence electrons. The molecule has 6 aromatic rings. The number of carbonyl (C=O) groups is 4. The summed E-state index contributed by atoms with van der Waals surface area (Å²) < 4.78 is 0. The number of aryl methyl sites for hydroxylation is 1. The van der Waals surface area contributed by atoms with E-state index in [2.05, 4.69) is 9.78 Å². The summed E-state index contributed by atoms with van der Waals surface area (Å²) in [5, 5.41) is 16.5. The van der Waals surface area contributed by atoms with Crippen molar-refractivity contribution < 1.29 is 39.5 Å². The van der Waals surface area contributed by atoms with Gasteiger partial charge in [0.15, 0.2) is 23.1 Å². The van der Waals surface area contributed by atoms with Crippen molar-refractivity contribution in [2.75, 3.05) is 0 Å². The predicted octanol–water partition coefficient (Wildman–Crippen LogP) is 12.0. The van der Waals surface area contributed by atoms with Crippen LogP contribution in [0.1, 0.15) is 73.5 Å². The largest absolute Gasteiger partial charge is 0.295 e. The van der Waals surface area contributed by atoms with Crippen LogP contribution < -0.4 is 0 Å². The van der Waals surface area contributed by atoms with Crippen molar-refractivity contribution in [2.45, 2.75) is 34.0 Å². The van der Waals surface area contributed by atoms with Gasteiger partial charge in [-0.3, -0.25) is 29.7 Å². The van der Waals surface area contributed by atoms with Crippen LogP contribution in [0.15, 0.2) is 188 Å². The fourth-order valence-corrected chi connectivity index (χ4v) is 5.01. The maximum absolute atomic E-state index is 11.8. The number of benzene rings is 6. The zero-order chi connectivity index (χ0) is 44.1. The van der Waals surface area contributed by atoms with Gasteiger partial charge in [0.2, 0.25) is 0 Å². The van der Waals surface area contributed by atoms with E-state index in [1.165, 1.54) is 13.0 Å². The van der Waals surface area contributed by atoms with Gasteiger partial charge >= 0.3 is 0 Å². The number of allylic oxidation sites excluding steroid dienone is 4. The molecule has 0 saturated heterocycles. The van der Waals surface area contributed by atoms with Gasteiger partial charge in [0.05, 0.1) is 0 Å². The number of ketones is 4. The van der Waals surface area contributed by atoms with E-state index in [-0.39, 0.29) is 36.3 Å². The minimum absolute atomic E-state index is 0.0211. The molecule has 0 radical (unpaired) electrons. The van der Waals surface area contributed by atoms with Gasteiger partial charge in [-0.15, -0.1) is 0 Å². The molecule has 0 unspecified atom stereocenters. The lowest BCUT2D eigenvalue weighted by Gasteiger charge is -1.99. The highest BCUT2D eigenvalue weighted by Crippen LogP contribution is 2.10. The first kappa shape index (κ1) is 48.2. The van der Waals surface area contributed by atoms with Gasteiger partial charge in [0.1, 0.15) is 13.2 Å².